The number of fused-ring (bicyclic) bond motifs is 1. The van der Waals surface area contributed by atoms with Crippen LogP contribution in [0.2, 0.25) is 0 Å². The molecule has 2 aromatic rings. The molecule has 0 saturated carbocycles. The lowest BCUT2D eigenvalue weighted by molar-refractivity contribution is -0.138. The quantitative estimate of drug-likeness (QED) is 0.754. The maximum absolute atomic E-state index is 13.8. The number of ether oxygens (including phenoxy) is 2. The normalized spacial score (nSPS) is 18.2. The highest BCUT2D eigenvalue weighted by Crippen LogP contribution is 2.31. The van der Waals surface area contributed by atoms with E-state index in [1.807, 2.05) is 25.1 Å². The third-order valence-electron chi connectivity index (χ3n) is 5.90. The Labute approximate surface area is 181 Å². The number of hydrogen-bond donors (Lipinski definition) is 0. The molecule has 31 heavy (non-hydrogen) atoms. The van der Waals surface area contributed by atoms with E-state index in [-0.39, 0.29) is 23.5 Å². The van der Waals surface area contributed by atoms with Gasteiger partial charge in [0.05, 0.1) is 12.5 Å². The van der Waals surface area contributed by atoms with Gasteiger partial charge in [0.25, 0.3) is 5.91 Å². The first kappa shape index (κ1) is 21.2. The Morgan fingerprint density at radius 1 is 1.10 bits per heavy atom. The van der Waals surface area contributed by atoms with Gasteiger partial charge in [-0.1, -0.05) is 6.07 Å². The molecule has 2 heterocycles. The van der Waals surface area contributed by atoms with Crippen LogP contribution in [0.15, 0.2) is 36.4 Å². The smallest absolute Gasteiger partial charge is 0.254 e. The molecule has 1 fully saturated rings. The number of nitrogens with zero attached hydrogens (tertiary/aromatic N) is 2. The molecule has 6 nitrogen and oxygen atoms in total. The number of aryl methyl sites for hydroxylation is 1. The molecule has 1 saturated heterocycles. The molecule has 2 amide bonds. The van der Waals surface area contributed by atoms with Gasteiger partial charge in [-0.15, -0.1) is 0 Å². The average Bonchev–Trinajstić information content (AvgIpc) is 2.80. The van der Waals surface area contributed by atoms with Crippen LogP contribution in [-0.2, 0) is 11.2 Å². The van der Waals surface area contributed by atoms with Crippen molar-refractivity contribution in [3.8, 4) is 11.5 Å². The highest BCUT2D eigenvalue weighted by Gasteiger charge is 2.32. The number of piperazine rings is 1. The van der Waals surface area contributed by atoms with Crippen molar-refractivity contribution in [2.45, 2.75) is 20.3 Å². The molecular formula is C24H27FN2O4. The first-order valence-corrected chi connectivity index (χ1v) is 10.7. The minimum absolute atomic E-state index is 0.0425. The largest absolute Gasteiger partial charge is 0.494 e. The van der Waals surface area contributed by atoms with Crippen LogP contribution in [0.25, 0.3) is 0 Å². The first-order valence-electron chi connectivity index (χ1n) is 10.7. The number of amides is 2. The zero-order valence-corrected chi connectivity index (χ0v) is 17.9. The van der Waals surface area contributed by atoms with Crippen molar-refractivity contribution in [3.05, 3.63) is 58.9 Å². The first-order chi connectivity index (χ1) is 15.0. The molecule has 2 aromatic carbocycles. The fourth-order valence-corrected chi connectivity index (χ4v) is 4.08. The molecule has 2 aliphatic heterocycles. The fraction of sp³-hybridized carbons (Fsp3) is 0.417. The molecule has 7 heteroatoms. The van der Waals surface area contributed by atoms with Crippen molar-refractivity contribution >= 4 is 11.8 Å². The Balaban J connectivity index is 1.35. The molecule has 1 unspecified atom stereocenters. The molecule has 0 aromatic heterocycles. The second-order valence-electron chi connectivity index (χ2n) is 8.00. The lowest BCUT2D eigenvalue weighted by Gasteiger charge is -2.37. The van der Waals surface area contributed by atoms with Crippen molar-refractivity contribution in [3.63, 3.8) is 0 Å². The van der Waals surface area contributed by atoms with Crippen LogP contribution < -0.4 is 9.47 Å². The van der Waals surface area contributed by atoms with Gasteiger partial charge in [-0.25, -0.2) is 4.39 Å². The van der Waals surface area contributed by atoms with E-state index in [1.54, 1.807) is 28.9 Å². The van der Waals surface area contributed by atoms with Gasteiger partial charge in [0.1, 0.15) is 23.9 Å². The molecule has 0 bridgehead atoms. The number of benzene rings is 2. The van der Waals surface area contributed by atoms with Crippen molar-refractivity contribution in [2.24, 2.45) is 5.92 Å². The summed E-state index contributed by atoms with van der Waals surface area (Å²) in [6, 6.07) is 10.2. The van der Waals surface area contributed by atoms with E-state index in [9.17, 15) is 14.0 Å². The number of hydrogen-bond acceptors (Lipinski definition) is 4. The Morgan fingerprint density at radius 2 is 1.84 bits per heavy atom. The van der Waals surface area contributed by atoms with Gasteiger partial charge in [0.2, 0.25) is 5.91 Å². The van der Waals surface area contributed by atoms with Crippen LogP contribution in [0, 0.1) is 18.7 Å². The van der Waals surface area contributed by atoms with Crippen LogP contribution in [0.1, 0.15) is 28.4 Å². The summed E-state index contributed by atoms with van der Waals surface area (Å²) in [6.07, 6.45) is 0.608. The molecule has 164 valence electrons. The van der Waals surface area contributed by atoms with E-state index in [4.69, 9.17) is 9.47 Å². The summed E-state index contributed by atoms with van der Waals surface area (Å²) >= 11 is 0. The van der Waals surface area contributed by atoms with Crippen molar-refractivity contribution in [1.29, 1.82) is 0 Å². The predicted molar refractivity (Wildman–Crippen MR) is 114 cm³/mol. The molecule has 1 atom stereocenters. The van der Waals surface area contributed by atoms with E-state index < -0.39 is 0 Å². The molecular weight excluding hydrogens is 399 g/mol. The number of halogens is 1. The number of carbonyl (C=O) groups is 2. The molecule has 0 spiro atoms. The van der Waals surface area contributed by atoms with Crippen LogP contribution in [0.4, 0.5) is 4.39 Å². The topological polar surface area (TPSA) is 59.1 Å². The Bertz CT molecular complexity index is 986. The van der Waals surface area contributed by atoms with Gasteiger partial charge < -0.3 is 19.3 Å². The summed E-state index contributed by atoms with van der Waals surface area (Å²) in [4.78, 5) is 29.2. The van der Waals surface area contributed by atoms with Crippen molar-refractivity contribution in [1.82, 2.24) is 9.80 Å². The molecule has 0 aliphatic carbocycles. The summed E-state index contributed by atoms with van der Waals surface area (Å²) in [6.45, 7) is 6.31. The van der Waals surface area contributed by atoms with Gasteiger partial charge in [0.15, 0.2) is 0 Å². The minimum Gasteiger partial charge on any atom is -0.494 e. The van der Waals surface area contributed by atoms with E-state index in [0.717, 1.165) is 17.1 Å². The Kier molecular flexibility index (Phi) is 6.11. The van der Waals surface area contributed by atoms with Gasteiger partial charge in [-0.05, 0) is 61.7 Å². The molecule has 2 aliphatic rings. The zero-order valence-electron chi connectivity index (χ0n) is 17.9. The molecule has 0 radical (unpaired) electrons. The summed E-state index contributed by atoms with van der Waals surface area (Å²) in [7, 11) is 0. The van der Waals surface area contributed by atoms with Crippen LogP contribution >= 0.6 is 0 Å². The Morgan fingerprint density at radius 3 is 2.55 bits per heavy atom. The second-order valence-corrected chi connectivity index (χ2v) is 8.00. The summed E-state index contributed by atoms with van der Waals surface area (Å²) in [5.74, 6) is 0.777. The SMILES string of the molecule is CCOc1ccc2c(c1)CC(C(=O)N1CCN(C(=O)c3ccc(C)c(F)c3)CC1)CO2. The monoisotopic (exact) mass is 426 g/mol. The predicted octanol–water partition coefficient (Wildman–Crippen LogP) is 3.07. The lowest BCUT2D eigenvalue weighted by Crippen LogP contribution is -2.53. The van der Waals surface area contributed by atoms with Crippen LogP contribution in [-0.4, -0.2) is 61.0 Å². The van der Waals surface area contributed by atoms with Gasteiger partial charge >= 0.3 is 0 Å². The summed E-state index contributed by atoms with van der Waals surface area (Å²) in [5.41, 5.74) is 1.83. The molecule has 0 N–H and O–H groups in total. The number of rotatable bonds is 4. The number of carbonyl (C=O) groups excluding carboxylic acids is 2. The fourth-order valence-electron chi connectivity index (χ4n) is 4.08. The summed E-state index contributed by atoms with van der Waals surface area (Å²) < 4.78 is 25.2. The highest BCUT2D eigenvalue weighted by molar-refractivity contribution is 5.94. The third-order valence-corrected chi connectivity index (χ3v) is 5.90. The maximum atomic E-state index is 13.8. The van der Waals surface area contributed by atoms with Crippen LogP contribution in [0.5, 0.6) is 11.5 Å². The van der Waals surface area contributed by atoms with E-state index in [1.165, 1.54) is 6.07 Å². The second kappa shape index (κ2) is 8.96. The van der Waals surface area contributed by atoms with Gasteiger partial charge in [-0.2, -0.15) is 0 Å². The zero-order chi connectivity index (χ0) is 22.0. The van der Waals surface area contributed by atoms with Gasteiger partial charge in [-0.3, -0.25) is 9.59 Å². The van der Waals surface area contributed by atoms with E-state index in [2.05, 4.69) is 0 Å². The Hall–Kier alpha value is -3.09. The lowest BCUT2D eigenvalue weighted by atomic mass is 9.95. The highest BCUT2D eigenvalue weighted by atomic mass is 19.1. The average molecular weight is 426 g/mol. The maximum Gasteiger partial charge on any atom is 0.254 e. The minimum atomic E-state index is -0.385. The van der Waals surface area contributed by atoms with Gasteiger partial charge in [0, 0.05) is 31.7 Å². The van der Waals surface area contributed by atoms with Crippen molar-refractivity contribution in [2.75, 3.05) is 39.4 Å². The standard InChI is InChI=1S/C24H27FN2O4/c1-3-30-20-6-7-22-18(13-20)12-19(15-31-22)24(29)27-10-8-26(9-11-27)23(28)17-5-4-16(2)21(25)14-17/h4-7,13-14,19H,3,8-12,15H2,1-2H3. The third kappa shape index (κ3) is 4.50. The van der Waals surface area contributed by atoms with Crippen LogP contribution in [0.3, 0.4) is 0 Å². The van der Waals surface area contributed by atoms with E-state index in [0.29, 0.717) is 56.9 Å². The van der Waals surface area contributed by atoms with Crippen molar-refractivity contribution < 1.29 is 23.5 Å². The molecule has 4 rings (SSSR count). The summed E-state index contributed by atoms with van der Waals surface area (Å²) in [5, 5.41) is 0. The van der Waals surface area contributed by atoms with E-state index >= 15 is 0 Å².